The minimum atomic E-state index is -0.783. The zero-order valence-corrected chi connectivity index (χ0v) is 39.9. The van der Waals surface area contributed by atoms with Crippen molar-refractivity contribution in [1.29, 1.82) is 0 Å². The number of unbranched alkanes of at least 4 members (excludes halogenated alkanes) is 34. The maximum absolute atomic E-state index is 13.2. The fourth-order valence-corrected chi connectivity index (χ4v) is 8.31. The number of carbonyl (C=O) groups excluding carboxylic acids is 2. The van der Waals surface area contributed by atoms with Crippen molar-refractivity contribution < 1.29 is 24.5 Å². The number of rotatable bonds is 48. The summed E-state index contributed by atoms with van der Waals surface area (Å²) in [6.45, 7) is 6.50. The molecule has 6 nitrogen and oxygen atoms in total. The van der Waals surface area contributed by atoms with Gasteiger partial charge in [-0.2, -0.15) is 0 Å². The van der Waals surface area contributed by atoms with E-state index in [2.05, 4.69) is 38.2 Å². The van der Waals surface area contributed by atoms with E-state index in [1.54, 1.807) is 0 Å². The van der Waals surface area contributed by atoms with Crippen molar-refractivity contribution in [2.45, 2.75) is 309 Å². The smallest absolute Gasteiger partial charge is 0.306 e. The van der Waals surface area contributed by atoms with Crippen LogP contribution in [0.4, 0.5) is 0 Å². The summed E-state index contributed by atoms with van der Waals surface area (Å²) in [5.41, 5.74) is 0. The molecule has 3 atom stereocenters. The molecule has 0 aromatic rings. The van der Waals surface area contributed by atoms with Gasteiger partial charge in [-0.25, -0.2) is 0 Å². The van der Waals surface area contributed by atoms with Crippen molar-refractivity contribution in [3.05, 3.63) is 12.2 Å². The lowest BCUT2D eigenvalue weighted by molar-refractivity contribution is -0.151. The fraction of sp³-hybridized carbons (Fsp3) is 0.925. The molecule has 1 amide bonds. The van der Waals surface area contributed by atoms with Crippen LogP contribution >= 0.6 is 0 Å². The lowest BCUT2D eigenvalue weighted by Gasteiger charge is -2.24. The Hall–Kier alpha value is -1.40. The molecule has 0 radical (unpaired) electrons. The number of nitrogens with one attached hydrogen (secondary N) is 1. The van der Waals surface area contributed by atoms with E-state index in [4.69, 9.17) is 4.74 Å². The predicted octanol–water partition coefficient (Wildman–Crippen LogP) is 15.7. The van der Waals surface area contributed by atoms with Gasteiger partial charge in [0.05, 0.1) is 25.2 Å². The molecule has 0 aliphatic rings. The highest BCUT2D eigenvalue weighted by atomic mass is 16.5. The number of hydrogen-bond donors (Lipinski definition) is 3. The highest BCUT2D eigenvalue weighted by Crippen LogP contribution is 2.18. The lowest BCUT2D eigenvalue weighted by Crippen LogP contribution is -2.46. The molecule has 0 aromatic heterocycles. The van der Waals surface area contributed by atoms with Crippen LogP contribution in [0.3, 0.4) is 0 Å². The number of esters is 1. The highest BCUT2D eigenvalue weighted by molar-refractivity contribution is 5.77. The first-order chi connectivity index (χ1) is 29.0. The maximum atomic E-state index is 13.2. The van der Waals surface area contributed by atoms with E-state index in [0.29, 0.717) is 19.3 Å². The Labute approximate surface area is 368 Å². The van der Waals surface area contributed by atoms with E-state index in [1.807, 2.05) is 0 Å². The van der Waals surface area contributed by atoms with Crippen molar-refractivity contribution in [3.8, 4) is 0 Å². The molecule has 0 heterocycles. The quantitative estimate of drug-likeness (QED) is 0.0322. The number of allylic oxidation sites excluding steroid dienone is 2. The third kappa shape index (κ3) is 43.1. The van der Waals surface area contributed by atoms with Crippen LogP contribution in [0.5, 0.6) is 0 Å². The van der Waals surface area contributed by atoms with Gasteiger partial charge in [0.1, 0.15) is 6.10 Å². The first-order valence-electron chi connectivity index (χ1n) is 26.4. The molecule has 350 valence electrons. The van der Waals surface area contributed by atoms with Crippen LogP contribution < -0.4 is 5.32 Å². The summed E-state index contributed by atoms with van der Waals surface area (Å²) in [6, 6.07) is -0.697. The van der Waals surface area contributed by atoms with Gasteiger partial charge in [-0.1, -0.05) is 238 Å². The van der Waals surface area contributed by atoms with Crippen molar-refractivity contribution in [1.82, 2.24) is 5.32 Å². The highest BCUT2D eigenvalue weighted by Gasteiger charge is 2.24. The van der Waals surface area contributed by atoms with Gasteiger partial charge in [0.25, 0.3) is 0 Å². The molecule has 0 fully saturated rings. The summed E-state index contributed by atoms with van der Waals surface area (Å²) < 4.78 is 5.93. The third-order valence-electron chi connectivity index (χ3n) is 12.3. The van der Waals surface area contributed by atoms with Gasteiger partial charge in [-0.15, -0.1) is 0 Å². The molecular formula is C53H103NO5. The minimum absolute atomic E-state index is 0.0789. The number of hydrogen-bond acceptors (Lipinski definition) is 5. The standard InChI is InChI=1S/C53H103NO5/c1-4-7-10-13-16-19-22-25-26-28-29-32-35-38-41-44-49(59-53(58)46-43-40-37-34-31-24-21-18-15-12-9-6-3)47-52(57)54-50(48-55)51(56)45-42-39-36-33-30-27-23-20-17-14-11-8-5-2/h25-26,49-51,55-56H,4-24,27-48H2,1-3H3,(H,54,57)/b26-25+. The molecule has 0 saturated heterocycles. The van der Waals surface area contributed by atoms with Crippen molar-refractivity contribution in [3.63, 3.8) is 0 Å². The van der Waals surface area contributed by atoms with E-state index in [0.717, 1.165) is 57.8 Å². The molecule has 0 rings (SSSR count). The van der Waals surface area contributed by atoms with Gasteiger partial charge < -0.3 is 20.3 Å². The second-order valence-corrected chi connectivity index (χ2v) is 18.3. The topological polar surface area (TPSA) is 95.9 Å². The Morgan fingerprint density at radius 1 is 0.475 bits per heavy atom. The van der Waals surface area contributed by atoms with Crippen LogP contribution in [-0.2, 0) is 14.3 Å². The van der Waals surface area contributed by atoms with Gasteiger partial charge in [-0.3, -0.25) is 9.59 Å². The van der Waals surface area contributed by atoms with Crippen LogP contribution in [0.1, 0.15) is 290 Å². The van der Waals surface area contributed by atoms with Gasteiger partial charge >= 0.3 is 5.97 Å². The number of aliphatic hydroxyl groups excluding tert-OH is 2. The van der Waals surface area contributed by atoms with E-state index in [1.165, 1.54) is 186 Å². The van der Waals surface area contributed by atoms with Gasteiger partial charge in [0.15, 0.2) is 0 Å². The second-order valence-electron chi connectivity index (χ2n) is 18.3. The lowest BCUT2D eigenvalue weighted by atomic mass is 10.0. The Kier molecular flexibility index (Phi) is 46.5. The summed E-state index contributed by atoms with van der Waals surface area (Å²) in [6.07, 6.45) is 52.7. The second kappa shape index (κ2) is 47.6. The first-order valence-corrected chi connectivity index (χ1v) is 26.4. The van der Waals surface area contributed by atoms with Gasteiger partial charge in [-0.05, 0) is 51.4 Å². The summed E-state index contributed by atoms with van der Waals surface area (Å²) in [5, 5.41) is 23.8. The molecule has 3 N–H and O–H groups in total. The third-order valence-corrected chi connectivity index (χ3v) is 12.3. The van der Waals surface area contributed by atoms with Crippen LogP contribution in [0, 0.1) is 0 Å². The van der Waals surface area contributed by atoms with Crippen molar-refractivity contribution >= 4 is 11.9 Å². The number of aliphatic hydroxyl groups is 2. The summed E-state index contributed by atoms with van der Waals surface area (Å²) in [5.74, 6) is -0.465. The number of carbonyl (C=O) groups is 2. The fourth-order valence-electron chi connectivity index (χ4n) is 8.31. The van der Waals surface area contributed by atoms with Crippen LogP contribution in [0.25, 0.3) is 0 Å². The Balaban J connectivity index is 4.55. The van der Waals surface area contributed by atoms with Crippen LogP contribution in [0.15, 0.2) is 12.2 Å². The monoisotopic (exact) mass is 834 g/mol. The van der Waals surface area contributed by atoms with Crippen molar-refractivity contribution in [2.24, 2.45) is 0 Å². The molecule has 0 aromatic carbocycles. The average molecular weight is 834 g/mol. The van der Waals surface area contributed by atoms with E-state index in [-0.39, 0.29) is 24.9 Å². The normalized spacial score (nSPS) is 13.2. The summed E-state index contributed by atoms with van der Waals surface area (Å²) >= 11 is 0. The maximum Gasteiger partial charge on any atom is 0.306 e. The molecule has 0 spiro atoms. The Morgan fingerprint density at radius 2 is 0.814 bits per heavy atom. The number of amides is 1. The molecular weight excluding hydrogens is 731 g/mol. The van der Waals surface area contributed by atoms with E-state index in [9.17, 15) is 19.8 Å². The van der Waals surface area contributed by atoms with Crippen LogP contribution in [-0.4, -0.2) is 46.9 Å². The minimum Gasteiger partial charge on any atom is -0.462 e. The Bertz CT molecular complexity index is 893. The molecule has 0 saturated carbocycles. The zero-order chi connectivity index (χ0) is 43.1. The Morgan fingerprint density at radius 3 is 1.20 bits per heavy atom. The first kappa shape index (κ1) is 57.6. The molecule has 59 heavy (non-hydrogen) atoms. The molecule has 6 heteroatoms. The molecule has 3 unspecified atom stereocenters. The van der Waals surface area contributed by atoms with Gasteiger partial charge in [0.2, 0.25) is 5.91 Å². The van der Waals surface area contributed by atoms with Gasteiger partial charge in [0, 0.05) is 6.42 Å². The summed E-state index contributed by atoms with van der Waals surface area (Å²) in [7, 11) is 0. The van der Waals surface area contributed by atoms with Crippen molar-refractivity contribution in [2.75, 3.05) is 6.61 Å². The molecule has 0 aliphatic carbocycles. The van der Waals surface area contributed by atoms with Crippen LogP contribution in [0.2, 0.25) is 0 Å². The van der Waals surface area contributed by atoms with E-state index >= 15 is 0 Å². The summed E-state index contributed by atoms with van der Waals surface area (Å²) in [4.78, 5) is 26.1. The number of ether oxygens (including phenoxy) is 1. The predicted molar refractivity (Wildman–Crippen MR) is 255 cm³/mol. The van der Waals surface area contributed by atoms with E-state index < -0.39 is 18.2 Å². The molecule has 0 bridgehead atoms. The largest absolute Gasteiger partial charge is 0.462 e. The average Bonchev–Trinajstić information content (AvgIpc) is 3.23. The molecule has 0 aliphatic heterocycles. The SMILES string of the molecule is CCCCCCCC/C=C/CCCCCCCC(CC(=O)NC(CO)C(O)CCCCCCCCCCCCCCC)OC(=O)CCCCCCCCCCCCCC. The zero-order valence-electron chi connectivity index (χ0n) is 39.9.